The third kappa shape index (κ3) is 4.35. The lowest BCUT2D eigenvalue weighted by Gasteiger charge is -2.17. The second-order valence-corrected chi connectivity index (χ2v) is 5.24. The highest BCUT2D eigenvalue weighted by Gasteiger charge is 2.34. The molecule has 1 aromatic heterocycles. The first-order valence-electron chi connectivity index (χ1n) is 7.41. The van der Waals surface area contributed by atoms with Crippen LogP contribution in [0.2, 0.25) is 0 Å². The molecule has 0 aliphatic heterocycles. The van der Waals surface area contributed by atoms with Crippen molar-refractivity contribution >= 4 is 5.91 Å². The number of carbonyl (C=O) groups is 1. The summed E-state index contributed by atoms with van der Waals surface area (Å²) >= 11 is 0. The van der Waals surface area contributed by atoms with Gasteiger partial charge in [-0.15, -0.1) is 0 Å². The molecule has 2 N–H and O–H groups in total. The average molecular weight is 342 g/mol. The van der Waals surface area contributed by atoms with Crippen molar-refractivity contribution in [2.75, 3.05) is 6.54 Å². The molecular weight excluding hydrogens is 325 g/mol. The molecule has 2 aromatic rings. The Morgan fingerprint density at radius 3 is 2.75 bits per heavy atom. The Labute approximate surface area is 136 Å². The SMILES string of the molecule is CCCc1cc(C(=O)NC[C@H](O)c2ccccc2C(F)(F)F)no1. The Balaban J connectivity index is 2.02. The molecule has 2 rings (SSSR count). The summed E-state index contributed by atoms with van der Waals surface area (Å²) in [5, 5.41) is 15.9. The van der Waals surface area contributed by atoms with Crippen molar-refractivity contribution in [1.82, 2.24) is 10.5 Å². The molecule has 24 heavy (non-hydrogen) atoms. The van der Waals surface area contributed by atoms with E-state index < -0.39 is 23.8 Å². The summed E-state index contributed by atoms with van der Waals surface area (Å²) in [6, 6.07) is 6.16. The van der Waals surface area contributed by atoms with E-state index in [1.807, 2.05) is 6.92 Å². The fraction of sp³-hybridized carbons (Fsp3) is 0.375. The number of amides is 1. The maximum absolute atomic E-state index is 12.9. The molecule has 0 spiro atoms. The number of benzene rings is 1. The van der Waals surface area contributed by atoms with E-state index in [1.54, 1.807) is 0 Å². The van der Waals surface area contributed by atoms with Crippen molar-refractivity contribution in [1.29, 1.82) is 0 Å². The zero-order valence-electron chi connectivity index (χ0n) is 12.9. The summed E-state index contributed by atoms with van der Waals surface area (Å²) in [6.45, 7) is 1.57. The Bertz CT molecular complexity index is 698. The summed E-state index contributed by atoms with van der Waals surface area (Å²) in [5.41, 5.74) is -1.20. The molecule has 0 aliphatic carbocycles. The fourth-order valence-electron chi connectivity index (χ4n) is 2.22. The lowest BCUT2D eigenvalue weighted by molar-refractivity contribution is -0.139. The van der Waals surface area contributed by atoms with Gasteiger partial charge in [-0.05, 0) is 18.1 Å². The van der Waals surface area contributed by atoms with E-state index in [0.29, 0.717) is 12.2 Å². The molecule has 1 atom stereocenters. The van der Waals surface area contributed by atoms with Gasteiger partial charge in [-0.25, -0.2) is 0 Å². The van der Waals surface area contributed by atoms with Crippen LogP contribution in [0, 0.1) is 0 Å². The van der Waals surface area contributed by atoms with E-state index in [2.05, 4.69) is 10.5 Å². The number of aliphatic hydroxyl groups excluding tert-OH is 1. The summed E-state index contributed by atoms with van der Waals surface area (Å²) < 4.78 is 43.7. The van der Waals surface area contributed by atoms with E-state index >= 15 is 0 Å². The van der Waals surface area contributed by atoms with Gasteiger partial charge in [0.1, 0.15) is 5.76 Å². The van der Waals surface area contributed by atoms with E-state index in [0.717, 1.165) is 12.5 Å². The number of aromatic nitrogens is 1. The number of aryl methyl sites for hydroxylation is 1. The van der Waals surface area contributed by atoms with Crippen LogP contribution < -0.4 is 5.32 Å². The number of nitrogens with one attached hydrogen (secondary N) is 1. The van der Waals surface area contributed by atoms with Gasteiger partial charge < -0.3 is 14.9 Å². The van der Waals surface area contributed by atoms with Crippen molar-refractivity contribution in [3.63, 3.8) is 0 Å². The van der Waals surface area contributed by atoms with E-state index in [4.69, 9.17) is 4.52 Å². The van der Waals surface area contributed by atoms with Gasteiger partial charge in [-0.3, -0.25) is 4.79 Å². The van der Waals surface area contributed by atoms with Gasteiger partial charge in [0.25, 0.3) is 5.91 Å². The lowest BCUT2D eigenvalue weighted by atomic mass is 10.0. The molecule has 8 heteroatoms. The minimum absolute atomic E-state index is 0.0229. The van der Waals surface area contributed by atoms with Crippen LogP contribution in [0.15, 0.2) is 34.9 Å². The van der Waals surface area contributed by atoms with Crippen molar-refractivity contribution in [3.05, 3.63) is 52.9 Å². The number of hydrogen-bond acceptors (Lipinski definition) is 4. The minimum atomic E-state index is -4.58. The molecule has 0 bridgehead atoms. The van der Waals surface area contributed by atoms with Crippen molar-refractivity contribution in [3.8, 4) is 0 Å². The molecule has 0 saturated carbocycles. The summed E-state index contributed by atoms with van der Waals surface area (Å²) in [6.07, 6.45) is -4.62. The van der Waals surface area contributed by atoms with Gasteiger partial charge in [0.15, 0.2) is 5.69 Å². The van der Waals surface area contributed by atoms with Crippen LogP contribution in [-0.4, -0.2) is 22.7 Å². The van der Waals surface area contributed by atoms with Crippen LogP contribution in [0.3, 0.4) is 0 Å². The molecule has 1 heterocycles. The Morgan fingerprint density at radius 1 is 1.38 bits per heavy atom. The largest absolute Gasteiger partial charge is 0.416 e. The second kappa shape index (κ2) is 7.48. The first kappa shape index (κ1) is 18.0. The van der Waals surface area contributed by atoms with Gasteiger partial charge in [-0.1, -0.05) is 30.3 Å². The number of rotatable bonds is 6. The minimum Gasteiger partial charge on any atom is -0.387 e. The lowest BCUT2D eigenvalue weighted by Crippen LogP contribution is -2.29. The quantitative estimate of drug-likeness (QED) is 0.846. The van der Waals surface area contributed by atoms with Crippen LogP contribution in [0.4, 0.5) is 13.2 Å². The highest BCUT2D eigenvalue weighted by Crippen LogP contribution is 2.34. The number of nitrogens with zero attached hydrogens (tertiary/aromatic N) is 1. The molecule has 1 aromatic carbocycles. The molecule has 0 saturated heterocycles. The standard InChI is InChI=1S/C16H17F3N2O3/c1-2-5-10-8-13(21-24-10)15(23)20-9-14(22)11-6-3-4-7-12(11)16(17,18)19/h3-4,6-8,14,22H,2,5,9H2,1H3,(H,20,23)/t14-/m0/s1. The van der Waals surface area contributed by atoms with Crippen LogP contribution in [0.25, 0.3) is 0 Å². The molecular formula is C16H17F3N2O3. The monoisotopic (exact) mass is 342 g/mol. The number of aliphatic hydroxyl groups is 1. The average Bonchev–Trinajstić information content (AvgIpc) is 3.00. The van der Waals surface area contributed by atoms with Crippen LogP contribution >= 0.6 is 0 Å². The third-order valence-electron chi connectivity index (χ3n) is 3.37. The highest BCUT2D eigenvalue weighted by molar-refractivity contribution is 5.92. The van der Waals surface area contributed by atoms with Gasteiger partial charge in [0.05, 0.1) is 11.7 Å². The zero-order chi connectivity index (χ0) is 17.7. The summed E-state index contributed by atoms with van der Waals surface area (Å²) in [5.74, 6) is -0.0738. The Hall–Kier alpha value is -2.35. The van der Waals surface area contributed by atoms with E-state index in [-0.39, 0.29) is 17.8 Å². The number of carbonyl (C=O) groups excluding carboxylic acids is 1. The Kier molecular flexibility index (Phi) is 5.61. The molecule has 0 fully saturated rings. The highest BCUT2D eigenvalue weighted by atomic mass is 19.4. The molecule has 0 radical (unpaired) electrons. The van der Waals surface area contributed by atoms with Gasteiger partial charge in [0, 0.05) is 19.0 Å². The second-order valence-electron chi connectivity index (χ2n) is 5.24. The third-order valence-corrected chi connectivity index (χ3v) is 3.37. The van der Waals surface area contributed by atoms with E-state index in [9.17, 15) is 23.1 Å². The van der Waals surface area contributed by atoms with Gasteiger partial charge >= 0.3 is 6.18 Å². The predicted molar refractivity (Wildman–Crippen MR) is 79.2 cm³/mol. The molecule has 1 amide bonds. The molecule has 0 unspecified atom stereocenters. The van der Waals surface area contributed by atoms with Crippen molar-refractivity contribution < 1.29 is 27.6 Å². The van der Waals surface area contributed by atoms with Crippen LogP contribution in [0.1, 0.15) is 46.8 Å². The maximum atomic E-state index is 12.9. The van der Waals surface area contributed by atoms with Crippen molar-refractivity contribution in [2.45, 2.75) is 32.0 Å². The topological polar surface area (TPSA) is 75.4 Å². The zero-order valence-corrected chi connectivity index (χ0v) is 12.9. The van der Waals surface area contributed by atoms with Crippen LogP contribution in [0.5, 0.6) is 0 Å². The summed E-state index contributed by atoms with van der Waals surface area (Å²) in [7, 11) is 0. The normalized spacial score (nSPS) is 12.9. The number of halogens is 3. The Morgan fingerprint density at radius 2 is 2.08 bits per heavy atom. The smallest absolute Gasteiger partial charge is 0.387 e. The number of alkyl halides is 3. The molecule has 130 valence electrons. The fourth-order valence-corrected chi connectivity index (χ4v) is 2.22. The summed E-state index contributed by atoms with van der Waals surface area (Å²) in [4.78, 5) is 11.9. The molecule has 0 aliphatic rings. The predicted octanol–water partition coefficient (Wildman–Crippen LogP) is 3.11. The van der Waals surface area contributed by atoms with Gasteiger partial charge in [-0.2, -0.15) is 13.2 Å². The first-order chi connectivity index (χ1) is 11.3. The first-order valence-corrected chi connectivity index (χ1v) is 7.41. The van der Waals surface area contributed by atoms with Gasteiger partial charge in [0.2, 0.25) is 0 Å². The maximum Gasteiger partial charge on any atom is 0.416 e. The van der Waals surface area contributed by atoms with Crippen LogP contribution in [-0.2, 0) is 12.6 Å². The molecule has 5 nitrogen and oxygen atoms in total. The van der Waals surface area contributed by atoms with E-state index in [1.165, 1.54) is 24.3 Å². The number of hydrogen-bond donors (Lipinski definition) is 2. The van der Waals surface area contributed by atoms with Crippen molar-refractivity contribution in [2.24, 2.45) is 0 Å².